The van der Waals surface area contributed by atoms with Crippen molar-refractivity contribution in [3.05, 3.63) is 36.0 Å². The van der Waals surface area contributed by atoms with Crippen LogP contribution in [0.2, 0.25) is 0 Å². The molecule has 0 saturated carbocycles. The van der Waals surface area contributed by atoms with E-state index in [1.165, 1.54) is 22.9 Å². The van der Waals surface area contributed by atoms with E-state index >= 15 is 0 Å². The van der Waals surface area contributed by atoms with Crippen molar-refractivity contribution in [1.29, 1.82) is 0 Å². The molecule has 0 fully saturated rings. The summed E-state index contributed by atoms with van der Waals surface area (Å²) in [5.41, 5.74) is 8.70. The van der Waals surface area contributed by atoms with Crippen LogP contribution in [0.15, 0.2) is 30.5 Å². The Morgan fingerprint density at radius 1 is 1.19 bits per heavy atom. The summed E-state index contributed by atoms with van der Waals surface area (Å²) in [5, 5.41) is 1.26. The fourth-order valence-electron chi connectivity index (χ4n) is 2.10. The summed E-state index contributed by atoms with van der Waals surface area (Å²) in [6.07, 6.45) is 4.22. The molecule has 1 aromatic carbocycles. The Labute approximate surface area is 96.9 Å². The lowest BCUT2D eigenvalue weighted by atomic mass is 9.96. The van der Waals surface area contributed by atoms with Gasteiger partial charge in [0.15, 0.2) is 0 Å². The zero-order valence-corrected chi connectivity index (χ0v) is 10.0. The van der Waals surface area contributed by atoms with Crippen LogP contribution < -0.4 is 5.73 Å². The van der Waals surface area contributed by atoms with E-state index in [0.29, 0.717) is 0 Å². The SMILES string of the molecule is CC(C)CC[C@@H](N)c1cccc2[nH]ccc12. The van der Waals surface area contributed by atoms with Crippen molar-refractivity contribution >= 4 is 10.9 Å². The van der Waals surface area contributed by atoms with Crippen LogP contribution in [0.5, 0.6) is 0 Å². The van der Waals surface area contributed by atoms with Gasteiger partial charge in [-0.2, -0.15) is 0 Å². The second-order valence-electron chi connectivity index (χ2n) is 4.86. The van der Waals surface area contributed by atoms with Crippen LogP contribution in [0.4, 0.5) is 0 Å². The summed E-state index contributed by atoms with van der Waals surface area (Å²) in [5.74, 6) is 0.719. The first-order chi connectivity index (χ1) is 7.68. The molecule has 0 aliphatic rings. The lowest BCUT2D eigenvalue weighted by Crippen LogP contribution is -2.11. The van der Waals surface area contributed by atoms with Gasteiger partial charge in [-0.15, -0.1) is 0 Å². The molecule has 86 valence electrons. The van der Waals surface area contributed by atoms with Crippen LogP contribution in [0.25, 0.3) is 10.9 Å². The Morgan fingerprint density at radius 3 is 2.75 bits per heavy atom. The molecule has 3 N–H and O–H groups in total. The molecule has 16 heavy (non-hydrogen) atoms. The predicted molar refractivity (Wildman–Crippen MR) is 69.3 cm³/mol. The fraction of sp³-hybridized carbons (Fsp3) is 0.429. The zero-order chi connectivity index (χ0) is 11.5. The average molecular weight is 216 g/mol. The predicted octanol–water partition coefficient (Wildman–Crippen LogP) is 3.60. The molecular weight excluding hydrogens is 196 g/mol. The summed E-state index contributed by atoms with van der Waals surface area (Å²) in [6, 6.07) is 8.57. The minimum Gasteiger partial charge on any atom is -0.361 e. The number of benzene rings is 1. The third kappa shape index (κ3) is 2.27. The quantitative estimate of drug-likeness (QED) is 0.805. The number of hydrogen-bond donors (Lipinski definition) is 2. The number of rotatable bonds is 4. The number of H-pyrrole nitrogens is 1. The molecule has 1 aromatic heterocycles. The van der Waals surface area contributed by atoms with Gasteiger partial charge in [-0.25, -0.2) is 0 Å². The van der Waals surface area contributed by atoms with Gasteiger partial charge in [-0.1, -0.05) is 26.0 Å². The molecular formula is C14H20N2. The molecule has 0 amide bonds. The van der Waals surface area contributed by atoms with E-state index in [1.54, 1.807) is 0 Å². The van der Waals surface area contributed by atoms with Gasteiger partial charge in [0.1, 0.15) is 0 Å². The Hall–Kier alpha value is -1.28. The van der Waals surface area contributed by atoms with Crippen LogP contribution in [0.3, 0.4) is 0 Å². The number of fused-ring (bicyclic) bond motifs is 1. The second kappa shape index (κ2) is 4.71. The lowest BCUT2D eigenvalue weighted by molar-refractivity contribution is 0.508. The van der Waals surface area contributed by atoms with E-state index in [4.69, 9.17) is 5.73 Å². The van der Waals surface area contributed by atoms with Gasteiger partial charge in [-0.05, 0) is 36.5 Å². The molecule has 0 radical (unpaired) electrons. The Morgan fingerprint density at radius 2 is 2.00 bits per heavy atom. The van der Waals surface area contributed by atoms with Crippen molar-refractivity contribution in [2.24, 2.45) is 11.7 Å². The van der Waals surface area contributed by atoms with Crippen molar-refractivity contribution in [2.75, 3.05) is 0 Å². The topological polar surface area (TPSA) is 41.8 Å². The number of aromatic nitrogens is 1. The molecule has 1 atom stereocenters. The molecule has 2 aromatic rings. The van der Waals surface area contributed by atoms with Crippen LogP contribution >= 0.6 is 0 Å². The molecule has 0 unspecified atom stereocenters. The van der Waals surface area contributed by atoms with Crippen molar-refractivity contribution < 1.29 is 0 Å². The molecule has 0 aliphatic heterocycles. The molecule has 2 heteroatoms. The molecule has 1 heterocycles. The summed E-state index contributed by atoms with van der Waals surface area (Å²) < 4.78 is 0. The van der Waals surface area contributed by atoms with Crippen molar-refractivity contribution in [1.82, 2.24) is 4.98 Å². The molecule has 2 nitrogen and oxygen atoms in total. The number of nitrogens with one attached hydrogen (secondary N) is 1. The smallest absolute Gasteiger partial charge is 0.0457 e. The van der Waals surface area contributed by atoms with Crippen LogP contribution in [-0.2, 0) is 0 Å². The average Bonchev–Trinajstić information content (AvgIpc) is 2.73. The van der Waals surface area contributed by atoms with Gasteiger partial charge >= 0.3 is 0 Å². The van der Waals surface area contributed by atoms with Crippen molar-refractivity contribution in [2.45, 2.75) is 32.7 Å². The Kier molecular flexibility index (Phi) is 3.30. The van der Waals surface area contributed by atoms with E-state index in [2.05, 4.69) is 43.1 Å². The number of aromatic amines is 1. The standard InChI is InChI=1S/C14H20N2/c1-10(2)6-7-13(15)11-4-3-5-14-12(11)8-9-16-14/h3-5,8-10,13,16H,6-7,15H2,1-2H3/t13-/m1/s1. The van der Waals surface area contributed by atoms with Crippen LogP contribution in [-0.4, -0.2) is 4.98 Å². The van der Waals surface area contributed by atoms with E-state index in [-0.39, 0.29) is 6.04 Å². The maximum atomic E-state index is 6.25. The molecule has 2 rings (SSSR count). The third-order valence-corrected chi connectivity index (χ3v) is 3.08. The molecule has 0 saturated heterocycles. The summed E-state index contributed by atoms with van der Waals surface area (Å²) >= 11 is 0. The monoisotopic (exact) mass is 216 g/mol. The van der Waals surface area contributed by atoms with Gasteiger partial charge in [0.25, 0.3) is 0 Å². The zero-order valence-electron chi connectivity index (χ0n) is 10.0. The number of hydrogen-bond acceptors (Lipinski definition) is 1. The Bertz CT molecular complexity index is 456. The molecule has 0 bridgehead atoms. The minimum absolute atomic E-state index is 0.155. The van der Waals surface area contributed by atoms with E-state index < -0.39 is 0 Å². The fourth-order valence-corrected chi connectivity index (χ4v) is 2.10. The molecule has 0 aliphatic carbocycles. The highest BCUT2D eigenvalue weighted by molar-refractivity contribution is 5.83. The van der Waals surface area contributed by atoms with E-state index in [9.17, 15) is 0 Å². The first-order valence-corrected chi connectivity index (χ1v) is 6.00. The van der Waals surface area contributed by atoms with Gasteiger partial charge in [0, 0.05) is 23.1 Å². The Balaban J connectivity index is 2.22. The highest BCUT2D eigenvalue weighted by Gasteiger charge is 2.10. The molecule has 0 spiro atoms. The highest BCUT2D eigenvalue weighted by Crippen LogP contribution is 2.25. The van der Waals surface area contributed by atoms with E-state index in [1.807, 2.05) is 6.20 Å². The summed E-state index contributed by atoms with van der Waals surface area (Å²) in [7, 11) is 0. The van der Waals surface area contributed by atoms with Gasteiger partial charge in [0.2, 0.25) is 0 Å². The maximum absolute atomic E-state index is 6.25. The summed E-state index contributed by atoms with van der Waals surface area (Å²) in [6.45, 7) is 4.48. The van der Waals surface area contributed by atoms with Crippen molar-refractivity contribution in [3.8, 4) is 0 Å². The summed E-state index contributed by atoms with van der Waals surface area (Å²) in [4.78, 5) is 3.22. The highest BCUT2D eigenvalue weighted by atomic mass is 14.7. The normalized spacial score (nSPS) is 13.5. The second-order valence-corrected chi connectivity index (χ2v) is 4.86. The van der Waals surface area contributed by atoms with E-state index in [0.717, 1.165) is 12.3 Å². The number of nitrogens with two attached hydrogens (primary N) is 1. The van der Waals surface area contributed by atoms with Gasteiger partial charge < -0.3 is 10.7 Å². The third-order valence-electron chi connectivity index (χ3n) is 3.08. The maximum Gasteiger partial charge on any atom is 0.0457 e. The van der Waals surface area contributed by atoms with Gasteiger partial charge in [0.05, 0.1) is 0 Å². The lowest BCUT2D eigenvalue weighted by Gasteiger charge is -2.14. The first kappa shape index (κ1) is 11.2. The minimum atomic E-state index is 0.155. The van der Waals surface area contributed by atoms with Crippen molar-refractivity contribution in [3.63, 3.8) is 0 Å². The first-order valence-electron chi connectivity index (χ1n) is 6.00. The van der Waals surface area contributed by atoms with Crippen LogP contribution in [0, 0.1) is 5.92 Å². The van der Waals surface area contributed by atoms with Gasteiger partial charge in [-0.3, -0.25) is 0 Å². The van der Waals surface area contributed by atoms with Crippen LogP contribution in [0.1, 0.15) is 38.3 Å². The largest absolute Gasteiger partial charge is 0.361 e.